The second kappa shape index (κ2) is 6.16. The summed E-state index contributed by atoms with van der Waals surface area (Å²) in [6, 6.07) is 10.2. The van der Waals surface area contributed by atoms with Crippen molar-refractivity contribution in [1.82, 2.24) is 0 Å². The van der Waals surface area contributed by atoms with Gasteiger partial charge in [0.05, 0.1) is 6.61 Å². The zero-order valence-corrected chi connectivity index (χ0v) is 13.2. The summed E-state index contributed by atoms with van der Waals surface area (Å²) in [7, 11) is 0. The summed E-state index contributed by atoms with van der Waals surface area (Å²) in [5.41, 5.74) is 0.172. The first-order valence-corrected chi connectivity index (χ1v) is 7.46. The van der Waals surface area contributed by atoms with E-state index in [2.05, 4.69) is 12.1 Å². The molecule has 1 saturated heterocycles. The Labute approximate surface area is 126 Å². The Balaban J connectivity index is 2.09. The van der Waals surface area contributed by atoms with Crippen LogP contribution in [0.25, 0.3) is 0 Å². The van der Waals surface area contributed by atoms with E-state index < -0.39 is 11.4 Å². The van der Waals surface area contributed by atoms with E-state index >= 15 is 0 Å². The molecule has 1 aliphatic rings. The minimum atomic E-state index is -1.05. The maximum absolute atomic E-state index is 12.2. The minimum absolute atomic E-state index is 0.313. The maximum atomic E-state index is 12.2. The second-order valence-corrected chi connectivity index (χ2v) is 5.96. The highest BCUT2D eigenvalue weighted by atomic mass is 16.8. The molecule has 1 aromatic rings. The van der Waals surface area contributed by atoms with Gasteiger partial charge in [0.25, 0.3) is 0 Å². The molecule has 0 aromatic heterocycles. The lowest BCUT2D eigenvalue weighted by Crippen LogP contribution is -2.46. The number of hydrogen-bond acceptors (Lipinski definition) is 4. The van der Waals surface area contributed by atoms with Gasteiger partial charge in [-0.1, -0.05) is 30.3 Å². The minimum Gasteiger partial charge on any atom is -0.464 e. The fourth-order valence-electron chi connectivity index (χ4n) is 2.78. The molecule has 1 aromatic carbocycles. The van der Waals surface area contributed by atoms with Crippen molar-refractivity contribution in [1.29, 1.82) is 0 Å². The van der Waals surface area contributed by atoms with Crippen LogP contribution in [0.2, 0.25) is 0 Å². The van der Waals surface area contributed by atoms with Crippen molar-refractivity contribution in [2.75, 3.05) is 6.61 Å². The summed E-state index contributed by atoms with van der Waals surface area (Å²) >= 11 is 0. The monoisotopic (exact) mass is 292 g/mol. The van der Waals surface area contributed by atoms with Gasteiger partial charge < -0.3 is 14.2 Å². The number of rotatable bonds is 5. The van der Waals surface area contributed by atoms with Crippen LogP contribution in [0.5, 0.6) is 0 Å². The number of benzene rings is 1. The van der Waals surface area contributed by atoms with Crippen LogP contribution < -0.4 is 0 Å². The van der Waals surface area contributed by atoms with E-state index in [9.17, 15) is 4.79 Å². The van der Waals surface area contributed by atoms with Crippen molar-refractivity contribution < 1.29 is 19.0 Å². The lowest BCUT2D eigenvalue weighted by molar-refractivity contribution is -0.186. The van der Waals surface area contributed by atoms with Gasteiger partial charge in [-0.05, 0) is 46.1 Å². The average molecular weight is 292 g/mol. The van der Waals surface area contributed by atoms with Crippen LogP contribution in [0.15, 0.2) is 30.3 Å². The van der Waals surface area contributed by atoms with Gasteiger partial charge >= 0.3 is 5.97 Å². The first-order valence-electron chi connectivity index (χ1n) is 7.46. The number of carbonyl (C=O) groups is 1. The van der Waals surface area contributed by atoms with Gasteiger partial charge in [-0.25, -0.2) is 4.79 Å². The number of hydrogen-bond donors (Lipinski definition) is 0. The number of esters is 1. The summed E-state index contributed by atoms with van der Waals surface area (Å²) < 4.78 is 16.9. The van der Waals surface area contributed by atoms with E-state index in [1.807, 2.05) is 32.0 Å². The summed E-state index contributed by atoms with van der Waals surface area (Å²) in [6.07, 6.45) is 1.23. The lowest BCUT2D eigenvalue weighted by atomic mass is 9.94. The van der Waals surface area contributed by atoms with Gasteiger partial charge in [0, 0.05) is 0 Å². The third-order valence-electron chi connectivity index (χ3n) is 3.72. The molecule has 0 radical (unpaired) electrons. The van der Waals surface area contributed by atoms with E-state index in [0.717, 1.165) is 6.42 Å². The molecular formula is C17H24O4. The Morgan fingerprint density at radius 3 is 2.52 bits per heavy atom. The molecule has 2 rings (SSSR count). The highest BCUT2D eigenvalue weighted by molar-refractivity contribution is 5.80. The van der Waals surface area contributed by atoms with Gasteiger partial charge in [0.2, 0.25) is 0 Å². The van der Waals surface area contributed by atoms with Gasteiger partial charge in [0.15, 0.2) is 11.4 Å². The molecule has 0 unspecified atom stereocenters. The van der Waals surface area contributed by atoms with Crippen LogP contribution in [-0.4, -0.2) is 30.1 Å². The zero-order valence-electron chi connectivity index (χ0n) is 13.2. The SMILES string of the molecule is CCOC(=O)[C@@]1(C)OC(C)(C)O[C@@H]1CCc1ccccc1. The molecule has 116 valence electrons. The highest BCUT2D eigenvalue weighted by Crippen LogP contribution is 2.39. The zero-order chi connectivity index (χ0) is 15.5. The molecule has 0 N–H and O–H groups in total. The quantitative estimate of drug-likeness (QED) is 0.782. The van der Waals surface area contributed by atoms with Gasteiger partial charge in [0.1, 0.15) is 6.10 Å². The smallest absolute Gasteiger partial charge is 0.340 e. The van der Waals surface area contributed by atoms with E-state index in [-0.39, 0.29) is 12.1 Å². The van der Waals surface area contributed by atoms with Crippen LogP contribution in [0.1, 0.15) is 39.7 Å². The molecular weight excluding hydrogens is 268 g/mol. The van der Waals surface area contributed by atoms with Crippen LogP contribution in [0.3, 0.4) is 0 Å². The van der Waals surface area contributed by atoms with Crippen molar-refractivity contribution in [2.24, 2.45) is 0 Å². The Bertz CT molecular complexity index is 483. The molecule has 2 atom stereocenters. The Hall–Kier alpha value is -1.39. The van der Waals surface area contributed by atoms with Crippen molar-refractivity contribution in [3.05, 3.63) is 35.9 Å². The van der Waals surface area contributed by atoms with Crippen LogP contribution in [-0.2, 0) is 25.4 Å². The van der Waals surface area contributed by atoms with Gasteiger partial charge in [-0.3, -0.25) is 0 Å². The fraction of sp³-hybridized carbons (Fsp3) is 0.588. The van der Waals surface area contributed by atoms with E-state index in [4.69, 9.17) is 14.2 Å². The summed E-state index contributed by atoms with van der Waals surface area (Å²) in [5.74, 6) is -1.13. The summed E-state index contributed by atoms with van der Waals surface area (Å²) in [4.78, 5) is 12.2. The Morgan fingerprint density at radius 2 is 1.90 bits per heavy atom. The van der Waals surface area contributed by atoms with E-state index in [1.54, 1.807) is 13.8 Å². The third kappa shape index (κ3) is 3.63. The molecule has 1 fully saturated rings. The van der Waals surface area contributed by atoms with E-state index in [0.29, 0.717) is 13.0 Å². The predicted molar refractivity (Wildman–Crippen MR) is 79.8 cm³/mol. The summed E-state index contributed by atoms with van der Waals surface area (Å²) in [6.45, 7) is 7.54. The molecule has 21 heavy (non-hydrogen) atoms. The molecule has 0 spiro atoms. The maximum Gasteiger partial charge on any atom is 0.340 e. The molecule has 1 aliphatic heterocycles. The number of carbonyl (C=O) groups excluding carboxylic acids is 1. The molecule has 4 nitrogen and oxygen atoms in total. The van der Waals surface area contributed by atoms with Crippen molar-refractivity contribution in [3.63, 3.8) is 0 Å². The fourth-order valence-corrected chi connectivity index (χ4v) is 2.78. The Kier molecular flexibility index (Phi) is 4.69. The lowest BCUT2D eigenvalue weighted by Gasteiger charge is -2.26. The van der Waals surface area contributed by atoms with Crippen LogP contribution in [0.4, 0.5) is 0 Å². The largest absolute Gasteiger partial charge is 0.464 e. The second-order valence-electron chi connectivity index (χ2n) is 5.96. The number of ether oxygens (including phenoxy) is 3. The van der Waals surface area contributed by atoms with Crippen LogP contribution in [0, 0.1) is 0 Å². The standard InChI is InChI=1S/C17H24O4/c1-5-19-15(18)17(4)14(20-16(2,3)21-17)12-11-13-9-7-6-8-10-13/h6-10,14H,5,11-12H2,1-4H3/t14-,17+/m1/s1. The van der Waals surface area contributed by atoms with Crippen molar-refractivity contribution in [2.45, 2.75) is 58.0 Å². The molecule has 0 bridgehead atoms. The topological polar surface area (TPSA) is 44.8 Å². The van der Waals surface area contributed by atoms with Crippen molar-refractivity contribution >= 4 is 5.97 Å². The molecule has 1 heterocycles. The molecule has 0 aliphatic carbocycles. The Morgan fingerprint density at radius 1 is 1.24 bits per heavy atom. The van der Waals surface area contributed by atoms with Crippen molar-refractivity contribution in [3.8, 4) is 0 Å². The number of aryl methyl sites for hydroxylation is 1. The predicted octanol–water partition coefficient (Wildman–Crippen LogP) is 3.09. The first kappa shape index (κ1) is 16.0. The molecule has 0 amide bonds. The molecule has 4 heteroatoms. The van der Waals surface area contributed by atoms with Gasteiger partial charge in [-0.15, -0.1) is 0 Å². The average Bonchev–Trinajstić information content (AvgIpc) is 2.68. The van der Waals surface area contributed by atoms with Crippen LogP contribution >= 0.6 is 0 Å². The third-order valence-corrected chi connectivity index (χ3v) is 3.72. The normalized spacial score (nSPS) is 27.5. The highest BCUT2D eigenvalue weighted by Gasteiger charge is 2.55. The van der Waals surface area contributed by atoms with E-state index in [1.165, 1.54) is 5.56 Å². The first-order chi connectivity index (χ1) is 9.87. The molecule has 0 saturated carbocycles. The summed E-state index contributed by atoms with van der Waals surface area (Å²) in [5, 5.41) is 0. The van der Waals surface area contributed by atoms with Gasteiger partial charge in [-0.2, -0.15) is 0 Å².